The molecule has 0 amide bonds. The molecule has 4 heteroatoms. The minimum atomic E-state index is -0.788. The van der Waals surface area contributed by atoms with Crippen LogP contribution in [0.5, 0.6) is 0 Å². The number of carbonyl (C=O) groups is 1. The van der Waals surface area contributed by atoms with E-state index in [2.05, 4.69) is 10.3 Å². The lowest BCUT2D eigenvalue weighted by Gasteiger charge is -2.34. The van der Waals surface area contributed by atoms with Crippen molar-refractivity contribution in [1.29, 1.82) is 5.41 Å². The van der Waals surface area contributed by atoms with E-state index in [1.165, 1.54) is 0 Å². The monoisotopic (exact) mass is 307 g/mol. The summed E-state index contributed by atoms with van der Waals surface area (Å²) in [6.07, 6.45) is 5.59. The van der Waals surface area contributed by atoms with Crippen molar-refractivity contribution >= 4 is 11.6 Å². The van der Waals surface area contributed by atoms with E-state index in [0.29, 0.717) is 5.84 Å². The number of nitrogens with one attached hydrogen (secondary N) is 2. The molecule has 1 aliphatic carbocycles. The van der Waals surface area contributed by atoms with Crippen LogP contribution in [0.3, 0.4) is 0 Å². The zero-order valence-electron chi connectivity index (χ0n) is 13.5. The van der Waals surface area contributed by atoms with Crippen molar-refractivity contribution in [3.63, 3.8) is 0 Å². The van der Waals surface area contributed by atoms with Gasteiger partial charge in [0.25, 0.3) is 0 Å². The SMILES string of the molecule is CC(=N)NC(C(C)=O)(c1cccc(-c2cccnc2)c1)C1CC1. The summed E-state index contributed by atoms with van der Waals surface area (Å²) in [7, 11) is 0. The maximum absolute atomic E-state index is 12.6. The van der Waals surface area contributed by atoms with Gasteiger partial charge in [-0.2, -0.15) is 0 Å². The van der Waals surface area contributed by atoms with Gasteiger partial charge >= 0.3 is 0 Å². The van der Waals surface area contributed by atoms with Crippen LogP contribution >= 0.6 is 0 Å². The van der Waals surface area contributed by atoms with Crippen molar-refractivity contribution in [3.05, 3.63) is 54.4 Å². The second-order valence-corrected chi connectivity index (χ2v) is 6.21. The van der Waals surface area contributed by atoms with Crippen molar-refractivity contribution in [1.82, 2.24) is 10.3 Å². The van der Waals surface area contributed by atoms with Gasteiger partial charge in [-0.05, 0) is 61.4 Å². The number of nitrogens with zero attached hydrogens (tertiary/aromatic N) is 1. The predicted molar refractivity (Wildman–Crippen MR) is 91.3 cm³/mol. The molecular weight excluding hydrogens is 286 g/mol. The van der Waals surface area contributed by atoms with E-state index in [0.717, 1.165) is 29.5 Å². The maximum Gasteiger partial charge on any atom is 0.159 e. The first kappa shape index (κ1) is 15.4. The third kappa shape index (κ3) is 2.89. The molecule has 0 spiro atoms. The second kappa shape index (κ2) is 5.95. The molecule has 1 aliphatic rings. The van der Waals surface area contributed by atoms with Crippen molar-refractivity contribution < 1.29 is 4.79 Å². The molecule has 23 heavy (non-hydrogen) atoms. The molecule has 1 aromatic heterocycles. The Morgan fingerprint density at radius 2 is 1.96 bits per heavy atom. The van der Waals surface area contributed by atoms with E-state index in [1.807, 2.05) is 42.6 Å². The molecule has 1 aromatic carbocycles. The maximum atomic E-state index is 12.6. The molecule has 0 aliphatic heterocycles. The highest BCUT2D eigenvalue weighted by Gasteiger charge is 2.50. The van der Waals surface area contributed by atoms with Crippen LogP contribution in [0.2, 0.25) is 0 Å². The van der Waals surface area contributed by atoms with E-state index < -0.39 is 5.54 Å². The molecule has 3 rings (SSSR count). The lowest BCUT2D eigenvalue weighted by Crippen LogP contribution is -2.52. The minimum absolute atomic E-state index is 0.0648. The van der Waals surface area contributed by atoms with Gasteiger partial charge in [0.05, 0.1) is 5.84 Å². The fourth-order valence-corrected chi connectivity index (χ4v) is 3.28. The predicted octanol–water partition coefficient (Wildman–Crippen LogP) is 3.53. The highest BCUT2D eigenvalue weighted by atomic mass is 16.1. The Hall–Kier alpha value is -2.49. The van der Waals surface area contributed by atoms with E-state index in [-0.39, 0.29) is 11.7 Å². The summed E-state index contributed by atoms with van der Waals surface area (Å²) in [6, 6.07) is 11.9. The van der Waals surface area contributed by atoms with Gasteiger partial charge in [-0.25, -0.2) is 0 Å². The molecule has 0 bridgehead atoms. The zero-order chi connectivity index (χ0) is 16.4. The number of rotatable bonds is 5. The summed E-state index contributed by atoms with van der Waals surface area (Å²) in [6.45, 7) is 3.30. The molecule has 0 radical (unpaired) electrons. The number of carbonyl (C=O) groups excluding carboxylic acids is 1. The first-order valence-corrected chi connectivity index (χ1v) is 7.89. The van der Waals surface area contributed by atoms with Gasteiger partial charge in [-0.3, -0.25) is 15.2 Å². The third-order valence-corrected chi connectivity index (χ3v) is 4.44. The molecule has 0 saturated heterocycles. The number of ketones is 1. The Labute approximate surface area is 136 Å². The van der Waals surface area contributed by atoms with Crippen molar-refractivity contribution in [2.45, 2.75) is 32.2 Å². The first-order chi connectivity index (χ1) is 11.0. The first-order valence-electron chi connectivity index (χ1n) is 7.89. The quantitative estimate of drug-likeness (QED) is 0.656. The topological polar surface area (TPSA) is 65.8 Å². The number of hydrogen-bond acceptors (Lipinski definition) is 3. The summed E-state index contributed by atoms with van der Waals surface area (Å²) >= 11 is 0. The zero-order valence-corrected chi connectivity index (χ0v) is 13.5. The lowest BCUT2D eigenvalue weighted by atomic mass is 9.80. The Balaban J connectivity index is 2.10. The number of pyridine rings is 1. The van der Waals surface area contributed by atoms with E-state index in [9.17, 15) is 4.79 Å². The van der Waals surface area contributed by atoms with Crippen LogP contribution in [0, 0.1) is 11.3 Å². The van der Waals surface area contributed by atoms with Crippen LogP contribution in [0.25, 0.3) is 11.1 Å². The van der Waals surface area contributed by atoms with Crippen molar-refractivity contribution in [3.8, 4) is 11.1 Å². The van der Waals surface area contributed by atoms with Crippen LogP contribution in [0.4, 0.5) is 0 Å². The molecule has 1 unspecified atom stereocenters. The molecule has 1 atom stereocenters. The van der Waals surface area contributed by atoms with Gasteiger partial charge in [-0.1, -0.05) is 24.3 Å². The summed E-state index contributed by atoms with van der Waals surface area (Å²) in [5, 5.41) is 11.0. The van der Waals surface area contributed by atoms with E-state index in [1.54, 1.807) is 20.0 Å². The largest absolute Gasteiger partial charge is 0.358 e. The van der Waals surface area contributed by atoms with Crippen molar-refractivity contribution in [2.24, 2.45) is 5.92 Å². The molecule has 1 saturated carbocycles. The van der Waals surface area contributed by atoms with Crippen LogP contribution in [-0.4, -0.2) is 16.6 Å². The van der Waals surface area contributed by atoms with Gasteiger partial charge in [0.2, 0.25) is 0 Å². The average Bonchev–Trinajstić information content (AvgIpc) is 3.38. The third-order valence-electron chi connectivity index (χ3n) is 4.44. The Bertz CT molecular complexity index is 737. The summed E-state index contributed by atoms with van der Waals surface area (Å²) < 4.78 is 0. The molecular formula is C19H21N3O. The van der Waals surface area contributed by atoms with Crippen molar-refractivity contribution in [2.75, 3.05) is 0 Å². The Morgan fingerprint density at radius 3 is 2.52 bits per heavy atom. The van der Waals surface area contributed by atoms with Gasteiger partial charge in [0.15, 0.2) is 5.78 Å². The minimum Gasteiger partial charge on any atom is -0.358 e. The normalized spacial score (nSPS) is 16.4. The average molecular weight is 307 g/mol. The van der Waals surface area contributed by atoms with E-state index >= 15 is 0 Å². The van der Waals surface area contributed by atoms with Crippen LogP contribution in [0.15, 0.2) is 48.8 Å². The van der Waals surface area contributed by atoms with Gasteiger partial charge in [0.1, 0.15) is 5.54 Å². The Morgan fingerprint density at radius 1 is 1.22 bits per heavy atom. The number of aromatic nitrogens is 1. The molecule has 2 N–H and O–H groups in total. The number of amidine groups is 1. The molecule has 118 valence electrons. The van der Waals surface area contributed by atoms with Crippen LogP contribution in [0.1, 0.15) is 32.3 Å². The standard InChI is InChI=1S/C19H21N3O/c1-13(23)19(17-8-9-17,22-14(2)20)18-7-3-5-15(11-18)16-6-4-10-21-12-16/h3-7,10-12,17H,8-9H2,1-2H3,(H2,20,22). The Kier molecular flexibility index (Phi) is 3.99. The van der Waals surface area contributed by atoms with Gasteiger partial charge in [0, 0.05) is 12.4 Å². The fourth-order valence-electron chi connectivity index (χ4n) is 3.28. The highest BCUT2D eigenvalue weighted by Crippen LogP contribution is 2.47. The summed E-state index contributed by atoms with van der Waals surface area (Å²) in [5.41, 5.74) is 2.20. The molecule has 4 nitrogen and oxygen atoms in total. The smallest absolute Gasteiger partial charge is 0.159 e. The van der Waals surface area contributed by atoms with Crippen LogP contribution < -0.4 is 5.32 Å². The lowest BCUT2D eigenvalue weighted by molar-refractivity contribution is -0.124. The molecule has 1 fully saturated rings. The second-order valence-electron chi connectivity index (χ2n) is 6.21. The van der Waals surface area contributed by atoms with Gasteiger partial charge in [-0.15, -0.1) is 0 Å². The number of hydrogen-bond donors (Lipinski definition) is 2. The van der Waals surface area contributed by atoms with Gasteiger partial charge < -0.3 is 5.32 Å². The van der Waals surface area contributed by atoms with E-state index in [4.69, 9.17) is 5.41 Å². The van der Waals surface area contributed by atoms with Crippen LogP contribution in [-0.2, 0) is 10.3 Å². The summed E-state index contributed by atoms with van der Waals surface area (Å²) in [4.78, 5) is 16.7. The number of benzene rings is 1. The fraction of sp³-hybridized carbons (Fsp3) is 0.316. The summed E-state index contributed by atoms with van der Waals surface area (Å²) in [5.74, 6) is 0.637. The number of Topliss-reactive ketones (excluding diaryl/α,β-unsaturated/α-hetero) is 1. The molecule has 1 heterocycles. The highest BCUT2D eigenvalue weighted by molar-refractivity contribution is 5.93. The molecule has 2 aromatic rings.